The number of nitrogens with one attached hydrogen (secondary N) is 1. The third-order valence-electron chi connectivity index (χ3n) is 2.51. The van der Waals surface area contributed by atoms with Gasteiger partial charge in [-0.15, -0.1) is 0 Å². The molecule has 1 aromatic rings. The van der Waals surface area contributed by atoms with Crippen molar-refractivity contribution in [2.75, 3.05) is 0 Å². The van der Waals surface area contributed by atoms with Gasteiger partial charge in [-0.05, 0) is 5.56 Å². The highest BCUT2D eigenvalue weighted by atomic mass is 16.4. The number of carbonyl (C=O) groups excluding carboxylic acids is 2. The van der Waals surface area contributed by atoms with E-state index in [9.17, 15) is 14.4 Å². The summed E-state index contributed by atoms with van der Waals surface area (Å²) in [7, 11) is 0. The van der Waals surface area contributed by atoms with Gasteiger partial charge in [-0.25, -0.2) is 4.79 Å². The topological polar surface area (TPSA) is 83.5 Å². The van der Waals surface area contributed by atoms with Crippen LogP contribution in [0.1, 0.15) is 26.3 Å². The third kappa shape index (κ3) is 4.35. The van der Waals surface area contributed by atoms with E-state index in [0.717, 1.165) is 6.08 Å². The van der Waals surface area contributed by atoms with Crippen LogP contribution < -0.4 is 5.32 Å². The molecule has 0 spiro atoms. The van der Waals surface area contributed by atoms with Gasteiger partial charge in [0.1, 0.15) is 0 Å². The maximum Gasteiger partial charge on any atom is 0.336 e. The molecule has 0 heterocycles. The maximum absolute atomic E-state index is 11.7. The summed E-state index contributed by atoms with van der Waals surface area (Å²) in [6.07, 6.45) is 0.918. The molecule has 0 aliphatic carbocycles. The number of carbonyl (C=O) groups is 3. The first-order chi connectivity index (χ1) is 9.21. The molecule has 2 amide bonds. The van der Waals surface area contributed by atoms with Crippen molar-refractivity contribution >= 4 is 23.4 Å². The Hall–Kier alpha value is -2.43. The van der Waals surface area contributed by atoms with Gasteiger partial charge in [-0.2, -0.15) is 0 Å². The fourth-order valence-corrected chi connectivity index (χ4v) is 1.35. The van der Waals surface area contributed by atoms with E-state index in [2.05, 4.69) is 5.32 Å². The lowest BCUT2D eigenvalue weighted by molar-refractivity contribution is -0.134. The van der Waals surface area contributed by atoms with E-state index in [0.29, 0.717) is 5.56 Å². The maximum atomic E-state index is 11.7. The van der Waals surface area contributed by atoms with Crippen LogP contribution in [0.4, 0.5) is 0 Å². The number of aliphatic carboxylic acids is 1. The second kappa shape index (κ2) is 6.14. The normalized spacial score (nSPS) is 11.8. The van der Waals surface area contributed by atoms with Crippen LogP contribution in [0, 0.1) is 5.41 Å². The first kappa shape index (κ1) is 15.6. The van der Waals surface area contributed by atoms with Crippen LogP contribution in [-0.2, 0) is 14.4 Å². The Bertz CT molecular complexity index is 553. The second-order valence-electron chi connectivity index (χ2n) is 5.30. The molecule has 0 aliphatic rings. The summed E-state index contributed by atoms with van der Waals surface area (Å²) in [6, 6.07) is 8.25. The van der Waals surface area contributed by atoms with E-state index in [-0.39, 0.29) is 5.57 Å². The third-order valence-corrected chi connectivity index (χ3v) is 2.51. The van der Waals surface area contributed by atoms with Crippen LogP contribution in [0.15, 0.2) is 36.4 Å². The second-order valence-corrected chi connectivity index (χ2v) is 5.30. The lowest BCUT2D eigenvalue weighted by Gasteiger charge is -2.16. The molecule has 0 aliphatic heterocycles. The minimum absolute atomic E-state index is 0.162. The SMILES string of the molecule is CC(C)(C)C(=O)NC(=O)/C=C(\C(=O)O)c1ccccc1. The van der Waals surface area contributed by atoms with Gasteiger partial charge >= 0.3 is 5.97 Å². The lowest BCUT2D eigenvalue weighted by atomic mass is 9.95. The Kier molecular flexibility index (Phi) is 4.80. The minimum atomic E-state index is -1.23. The lowest BCUT2D eigenvalue weighted by Crippen LogP contribution is -2.38. The quantitative estimate of drug-likeness (QED) is 0.824. The summed E-state index contributed by atoms with van der Waals surface area (Å²) in [4.78, 5) is 34.6. The smallest absolute Gasteiger partial charge is 0.336 e. The Balaban J connectivity index is 2.97. The first-order valence-electron chi connectivity index (χ1n) is 6.07. The van der Waals surface area contributed by atoms with Gasteiger partial charge in [0.05, 0.1) is 5.57 Å². The van der Waals surface area contributed by atoms with Crippen LogP contribution in [0.5, 0.6) is 0 Å². The molecule has 1 aromatic carbocycles. The number of hydrogen-bond acceptors (Lipinski definition) is 3. The highest BCUT2D eigenvalue weighted by molar-refractivity contribution is 6.21. The van der Waals surface area contributed by atoms with Crippen molar-refractivity contribution in [3.8, 4) is 0 Å². The Labute approximate surface area is 117 Å². The summed E-state index contributed by atoms with van der Waals surface area (Å²) >= 11 is 0. The number of benzene rings is 1. The molecule has 5 nitrogen and oxygen atoms in total. The van der Waals surface area contributed by atoms with Crippen LogP contribution in [0.3, 0.4) is 0 Å². The van der Waals surface area contributed by atoms with Gasteiger partial charge in [0.15, 0.2) is 0 Å². The summed E-state index contributed by atoms with van der Waals surface area (Å²) in [6.45, 7) is 4.98. The summed E-state index contributed by atoms with van der Waals surface area (Å²) in [5, 5.41) is 11.3. The van der Waals surface area contributed by atoms with Gasteiger partial charge in [0.2, 0.25) is 5.91 Å². The Morgan fingerprint density at radius 1 is 1.10 bits per heavy atom. The average molecular weight is 275 g/mol. The van der Waals surface area contributed by atoms with E-state index < -0.39 is 23.2 Å². The highest BCUT2D eigenvalue weighted by Gasteiger charge is 2.23. The van der Waals surface area contributed by atoms with Crippen molar-refractivity contribution in [2.24, 2.45) is 5.41 Å². The van der Waals surface area contributed by atoms with Gasteiger partial charge in [0.25, 0.3) is 5.91 Å². The van der Waals surface area contributed by atoms with E-state index in [1.807, 2.05) is 0 Å². The molecular formula is C15H17NO4. The first-order valence-corrected chi connectivity index (χ1v) is 6.07. The number of carboxylic acid groups (broad SMARTS) is 1. The number of imide groups is 1. The summed E-state index contributed by atoms with van der Waals surface area (Å²) in [5.41, 5.74) is -0.484. The van der Waals surface area contributed by atoms with Gasteiger partial charge < -0.3 is 5.11 Å². The fourth-order valence-electron chi connectivity index (χ4n) is 1.35. The number of hydrogen-bond donors (Lipinski definition) is 2. The summed E-state index contributed by atoms with van der Waals surface area (Å²) in [5.74, 6) is -2.43. The number of carboxylic acids is 1. The largest absolute Gasteiger partial charge is 0.478 e. The van der Waals surface area contributed by atoms with E-state index in [4.69, 9.17) is 5.11 Å². The van der Waals surface area contributed by atoms with Crippen molar-refractivity contribution in [2.45, 2.75) is 20.8 Å². The van der Waals surface area contributed by atoms with Crippen molar-refractivity contribution < 1.29 is 19.5 Å². The molecule has 20 heavy (non-hydrogen) atoms. The molecule has 106 valence electrons. The molecule has 5 heteroatoms. The van der Waals surface area contributed by atoms with Crippen LogP contribution in [-0.4, -0.2) is 22.9 Å². The zero-order chi connectivity index (χ0) is 15.3. The monoisotopic (exact) mass is 275 g/mol. The predicted octanol–water partition coefficient (Wildman–Crippen LogP) is 1.84. The van der Waals surface area contributed by atoms with E-state index in [1.165, 1.54) is 0 Å². The van der Waals surface area contributed by atoms with Crippen molar-refractivity contribution in [3.05, 3.63) is 42.0 Å². The average Bonchev–Trinajstić information content (AvgIpc) is 2.35. The molecule has 0 aromatic heterocycles. The van der Waals surface area contributed by atoms with Gasteiger partial charge in [-0.1, -0.05) is 51.1 Å². The Morgan fingerprint density at radius 2 is 1.65 bits per heavy atom. The fraction of sp³-hybridized carbons (Fsp3) is 0.267. The molecule has 0 atom stereocenters. The Morgan fingerprint density at radius 3 is 2.10 bits per heavy atom. The molecule has 0 saturated heterocycles. The van der Waals surface area contributed by atoms with Crippen LogP contribution in [0.2, 0.25) is 0 Å². The standard InChI is InChI=1S/C15H17NO4/c1-15(2,3)14(20)16-12(17)9-11(13(18)19)10-7-5-4-6-8-10/h4-9H,1-3H3,(H,18,19)(H,16,17,20)/b11-9-. The predicted molar refractivity (Wildman–Crippen MR) is 74.7 cm³/mol. The molecular weight excluding hydrogens is 258 g/mol. The number of rotatable bonds is 3. The van der Waals surface area contributed by atoms with Crippen LogP contribution >= 0.6 is 0 Å². The minimum Gasteiger partial charge on any atom is -0.478 e. The van der Waals surface area contributed by atoms with Gasteiger partial charge in [-0.3, -0.25) is 14.9 Å². The number of amides is 2. The van der Waals surface area contributed by atoms with Gasteiger partial charge in [0, 0.05) is 11.5 Å². The molecule has 0 bridgehead atoms. The molecule has 0 unspecified atom stereocenters. The molecule has 0 radical (unpaired) electrons. The zero-order valence-corrected chi connectivity index (χ0v) is 11.6. The van der Waals surface area contributed by atoms with Crippen LogP contribution in [0.25, 0.3) is 5.57 Å². The highest BCUT2D eigenvalue weighted by Crippen LogP contribution is 2.15. The van der Waals surface area contributed by atoms with E-state index >= 15 is 0 Å². The molecule has 2 N–H and O–H groups in total. The summed E-state index contributed by atoms with van der Waals surface area (Å²) < 4.78 is 0. The van der Waals surface area contributed by atoms with Crippen molar-refractivity contribution in [1.29, 1.82) is 0 Å². The molecule has 0 fully saturated rings. The van der Waals surface area contributed by atoms with Crippen molar-refractivity contribution in [1.82, 2.24) is 5.32 Å². The molecule has 0 saturated carbocycles. The zero-order valence-electron chi connectivity index (χ0n) is 11.6. The van der Waals surface area contributed by atoms with E-state index in [1.54, 1.807) is 51.1 Å². The van der Waals surface area contributed by atoms with Crippen molar-refractivity contribution in [3.63, 3.8) is 0 Å². The molecule has 1 rings (SSSR count).